The van der Waals surface area contributed by atoms with E-state index >= 15 is 0 Å². The summed E-state index contributed by atoms with van der Waals surface area (Å²) in [5.74, 6) is 0.825. The zero-order valence-corrected chi connectivity index (χ0v) is 15.2. The summed E-state index contributed by atoms with van der Waals surface area (Å²) < 4.78 is 5.39. The predicted molar refractivity (Wildman–Crippen MR) is 102 cm³/mol. The van der Waals surface area contributed by atoms with E-state index in [9.17, 15) is 4.79 Å². The minimum absolute atomic E-state index is 0.00860. The maximum absolute atomic E-state index is 11.3. The molecule has 0 unspecified atom stereocenters. The lowest BCUT2D eigenvalue weighted by Gasteiger charge is -2.10. The largest absolute Gasteiger partial charge is 0.497 e. The number of methoxy groups -OCH3 is 1. The van der Waals surface area contributed by atoms with Gasteiger partial charge in [-0.15, -0.1) is 0 Å². The Morgan fingerprint density at radius 1 is 1.16 bits per heavy atom. The number of ether oxygens (including phenoxy) is 1. The first-order chi connectivity index (χ1) is 12.0. The van der Waals surface area contributed by atoms with Gasteiger partial charge >= 0.3 is 0 Å². The molecule has 1 aromatic heterocycles. The maximum Gasteiger partial charge on any atom is 0.216 e. The second-order valence-electron chi connectivity index (χ2n) is 6.44. The van der Waals surface area contributed by atoms with Crippen molar-refractivity contribution < 1.29 is 9.53 Å². The van der Waals surface area contributed by atoms with Crippen molar-refractivity contribution in [3.63, 3.8) is 0 Å². The molecule has 4 heteroatoms. The summed E-state index contributed by atoms with van der Waals surface area (Å²) in [7, 11) is 1.68. The SMILES string of the molecule is COc1ccc2[nH]c(-c3cc(C)ccc3C)c(CCNC(C)=O)c2c1. The Labute approximate surface area is 148 Å². The number of aryl methyl sites for hydroxylation is 2. The fourth-order valence-electron chi connectivity index (χ4n) is 3.21. The second kappa shape index (κ2) is 7.01. The molecule has 2 N–H and O–H groups in total. The quantitative estimate of drug-likeness (QED) is 0.736. The standard InChI is InChI=1S/C21H24N2O2/c1-13-5-6-14(2)18(11-13)21-17(9-10-22-15(3)24)19-12-16(25-4)7-8-20(19)23-21/h5-8,11-12,23H,9-10H2,1-4H3,(H,22,24). The van der Waals surface area contributed by atoms with E-state index in [-0.39, 0.29) is 5.91 Å². The maximum atomic E-state index is 11.3. The lowest BCUT2D eigenvalue weighted by molar-refractivity contribution is -0.118. The van der Waals surface area contributed by atoms with E-state index in [1.807, 2.05) is 12.1 Å². The molecule has 0 aliphatic heterocycles. The van der Waals surface area contributed by atoms with Crippen molar-refractivity contribution in [2.75, 3.05) is 13.7 Å². The van der Waals surface area contributed by atoms with Crippen LogP contribution in [0, 0.1) is 13.8 Å². The predicted octanol–water partition coefficient (Wildman–Crippen LogP) is 4.14. The van der Waals surface area contributed by atoms with Crippen LogP contribution < -0.4 is 10.1 Å². The van der Waals surface area contributed by atoms with Gasteiger partial charge in [-0.2, -0.15) is 0 Å². The van der Waals surface area contributed by atoms with Crippen molar-refractivity contribution >= 4 is 16.8 Å². The number of H-pyrrole nitrogens is 1. The van der Waals surface area contributed by atoms with E-state index in [1.54, 1.807) is 14.0 Å². The Kier molecular flexibility index (Phi) is 4.79. The van der Waals surface area contributed by atoms with Crippen molar-refractivity contribution in [3.05, 3.63) is 53.1 Å². The number of nitrogens with one attached hydrogen (secondary N) is 2. The summed E-state index contributed by atoms with van der Waals surface area (Å²) in [5, 5.41) is 4.04. The summed E-state index contributed by atoms with van der Waals surface area (Å²) in [4.78, 5) is 14.8. The summed E-state index contributed by atoms with van der Waals surface area (Å²) in [6, 6.07) is 12.5. The van der Waals surface area contributed by atoms with Crippen LogP contribution in [0.1, 0.15) is 23.6 Å². The highest BCUT2D eigenvalue weighted by molar-refractivity contribution is 5.92. The molecular weight excluding hydrogens is 312 g/mol. The van der Waals surface area contributed by atoms with Gasteiger partial charge in [0.2, 0.25) is 5.91 Å². The van der Waals surface area contributed by atoms with E-state index in [0.717, 1.165) is 28.8 Å². The van der Waals surface area contributed by atoms with E-state index in [2.05, 4.69) is 48.4 Å². The first kappa shape index (κ1) is 17.1. The molecule has 4 nitrogen and oxygen atoms in total. The molecule has 0 aliphatic rings. The molecule has 0 atom stereocenters. The van der Waals surface area contributed by atoms with Crippen molar-refractivity contribution in [1.29, 1.82) is 0 Å². The van der Waals surface area contributed by atoms with Crippen molar-refractivity contribution in [1.82, 2.24) is 10.3 Å². The molecule has 0 spiro atoms. The van der Waals surface area contributed by atoms with Gasteiger partial charge in [-0.3, -0.25) is 4.79 Å². The van der Waals surface area contributed by atoms with Crippen LogP contribution in [0.25, 0.3) is 22.2 Å². The smallest absolute Gasteiger partial charge is 0.216 e. The number of fused-ring (bicyclic) bond motifs is 1. The number of benzene rings is 2. The van der Waals surface area contributed by atoms with E-state index in [0.29, 0.717) is 6.54 Å². The van der Waals surface area contributed by atoms with E-state index in [4.69, 9.17) is 4.74 Å². The average Bonchev–Trinajstić information content (AvgIpc) is 2.94. The molecule has 0 radical (unpaired) electrons. The van der Waals surface area contributed by atoms with Gasteiger partial charge in [0.25, 0.3) is 0 Å². The van der Waals surface area contributed by atoms with Crippen LogP contribution in [0.3, 0.4) is 0 Å². The fraction of sp³-hybridized carbons (Fsp3) is 0.286. The Morgan fingerprint density at radius 3 is 2.68 bits per heavy atom. The van der Waals surface area contributed by atoms with Crippen molar-refractivity contribution in [2.45, 2.75) is 27.2 Å². The minimum atomic E-state index is -0.00860. The minimum Gasteiger partial charge on any atom is -0.497 e. The van der Waals surface area contributed by atoms with Crippen LogP contribution in [0.4, 0.5) is 0 Å². The zero-order valence-electron chi connectivity index (χ0n) is 15.2. The Hall–Kier alpha value is -2.75. The second-order valence-corrected chi connectivity index (χ2v) is 6.44. The number of rotatable bonds is 5. The van der Waals surface area contributed by atoms with Crippen molar-refractivity contribution in [2.24, 2.45) is 0 Å². The van der Waals surface area contributed by atoms with Gasteiger partial charge in [0.05, 0.1) is 12.8 Å². The molecule has 0 saturated carbocycles. The number of carbonyl (C=O) groups excluding carboxylic acids is 1. The molecule has 0 aliphatic carbocycles. The third-order valence-electron chi connectivity index (χ3n) is 4.52. The molecule has 2 aromatic carbocycles. The first-order valence-corrected chi connectivity index (χ1v) is 8.50. The van der Waals surface area contributed by atoms with Crippen LogP contribution in [0.5, 0.6) is 5.75 Å². The Bertz CT molecular complexity index is 925. The third kappa shape index (κ3) is 3.53. The monoisotopic (exact) mass is 336 g/mol. The van der Waals surface area contributed by atoms with Gasteiger partial charge in [-0.1, -0.05) is 17.7 Å². The number of aromatic amines is 1. The highest BCUT2D eigenvalue weighted by atomic mass is 16.5. The normalized spacial score (nSPS) is 10.9. The van der Waals surface area contributed by atoms with Gasteiger partial charge in [0.1, 0.15) is 5.75 Å². The topological polar surface area (TPSA) is 54.1 Å². The summed E-state index contributed by atoms with van der Waals surface area (Å²) in [6.07, 6.45) is 0.759. The molecule has 3 aromatic rings. The zero-order chi connectivity index (χ0) is 18.0. The number of amides is 1. The molecule has 3 rings (SSSR count). The van der Waals surface area contributed by atoms with Gasteiger partial charge in [-0.05, 0) is 55.7 Å². The number of aromatic nitrogens is 1. The summed E-state index contributed by atoms with van der Waals surface area (Å²) >= 11 is 0. The number of hydrogen-bond acceptors (Lipinski definition) is 2. The van der Waals surface area contributed by atoms with E-state index < -0.39 is 0 Å². The van der Waals surface area contributed by atoms with Crippen LogP contribution >= 0.6 is 0 Å². The Morgan fingerprint density at radius 2 is 1.96 bits per heavy atom. The number of carbonyl (C=O) groups is 1. The Balaban J connectivity index is 2.15. The third-order valence-corrected chi connectivity index (χ3v) is 4.52. The van der Waals surface area contributed by atoms with Crippen molar-refractivity contribution in [3.8, 4) is 17.0 Å². The molecule has 0 fully saturated rings. The van der Waals surface area contributed by atoms with Crippen LogP contribution in [-0.2, 0) is 11.2 Å². The molecular formula is C21H24N2O2. The fourth-order valence-corrected chi connectivity index (χ4v) is 3.21. The lowest BCUT2D eigenvalue weighted by atomic mass is 9.97. The van der Waals surface area contributed by atoms with Gasteiger partial charge in [0, 0.05) is 29.9 Å². The number of hydrogen-bond donors (Lipinski definition) is 2. The molecule has 0 saturated heterocycles. The van der Waals surface area contributed by atoms with Gasteiger partial charge in [0.15, 0.2) is 0 Å². The van der Waals surface area contributed by atoms with E-state index in [1.165, 1.54) is 22.3 Å². The highest BCUT2D eigenvalue weighted by Gasteiger charge is 2.15. The molecule has 1 heterocycles. The van der Waals surface area contributed by atoms with Crippen LogP contribution in [0.2, 0.25) is 0 Å². The van der Waals surface area contributed by atoms with Crippen LogP contribution in [0.15, 0.2) is 36.4 Å². The molecule has 1 amide bonds. The summed E-state index contributed by atoms with van der Waals surface area (Å²) in [6.45, 7) is 6.38. The molecule has 25 heavy (non-hydrogen) atoms. The molecule has 0 bridgehead atoms. The van der Waals surface area contributed by atoms with Gasteiger partial charge in [-0.25, -0.2) is 0 Å². The first-order valence-electron chi connectivity index (χ1n) is 8.50. The summed E-state index contributed by atoms with van der Waals surface area (Å²) in [5.41, 5.74) is 7.06. The lowest BCUT2D eigenvalue weighted by Crippen LogP contribution is -2.22. The average molecular weight is 336 g/mol. The highest BCUT2D eigenvalue weighted by Crippen LogP contribution is 2.34. The van der Waals surface area contributed by atoms with Crippen LogP contribution in [-0.4, -0.2) is 24.5 Å². The van der Waals surface area contributed by atoms with Gasteiger partial charge < -0.3 is 15.0 Å². The molecule has 130 valence electrons.